The summed E-state index contributed by atoms with van der Waals surface area (Å²) in [7, 11) is 0. The van der Waals surface area contributed by atoms with Crippen LogP contribution in [0.4, 0.5) is 0 Å². The molecule has 0 saturated carbocycles. The van der Waals surface area contributed by atoms with E-state index in [1.807, 2.05) is 0 Å². The zero-order chi connectivity index (χ0) is 18.2. The molecule has 0 unspecified atom stereocenters. The Labute approximate surface area is 160 Å². The van der Waals surface area contributed by atoms with Gasteiger partial charge in [0.25, 0.3) is 0 Å². The predicted octanol–water partition coefficient (Wildman–Crippen LogP) is 7.53. The van der Waals surface area contributed by atoms with E-state index in [0.717, 1.165) is 22.2 Å². The summed E-state index contributed by atoms with van der Waals surface area (Å²) >= 11 is 0. The Morgan fingerprint density at radius 2 is 1.21 bits per heavy atom. The Bertz CT molecular complexity index is 1720. The summed E-state index contributed by atoms with van der Waals surface area (Å²) in [6.45, 7) is 0. The van der Waals surface area contributed by atoms with Crippen molar-refractivity contribution in [2.24, 2.45) is 0 Å². The third-order valence-corrected chi connectivity index (χ3v) is 5.96. The van der Waals surface area contributed by atoms with Crippen LogP contribution >= 0.6 is 0 Å². The van der Waals surface area contributed by atoms with E-state index in [2.05, 4.69) is 89.9 Å². The second-order valence-electron chi connectivity index (χ2n) is 7.47. The Hall–Kier alpha value is -3.78. The van der Waals surface area contributed by atoms with E-state index in [0.29, 0.717) is 0 Å². The summed E-state index contributed by atoms with van der Waals surface area (Å²) in [6, 6.07) is 30.0. The second-order valence-corrected chi connectivity index (χ2v) is 7.47. The van der Waals surface area contributed by atoms with Gasteiger partial charge in [0.2, 0.25) is 0 Å². The molecule has 28 heavy (non-hydrogen) atoms. The van der Waals surface area contributed by atoms with Crippen LogP contribution in [0.1, 0.15) is 0 Å². The molecule has 2 nitrogen and oxygen atoms in total. The standard InChI is InChI=1S/C26H15NO/c1-2-8-16-14-22-20(13-15(16)7-1)24-18-10-4-3-9-17(18)23-19-11-5-6-12-21(19)27-25(23)26(24)28-22/h1-14,27H. The van der Waals surface area contributed by atoms with Gasteiger partial charge in [-0.2, -0.15) is 0 Å². The number of fused-ring (bicyclic) bond motifs is 11. The van der Waals surface area contributed by atoms with Crippen molar-refractivity contribution in [2.75, 3.05) is 0 Å². The molecule has 7 rings (SSSR count). The van der Waals surface area contributed by atoms with Crippen LogP contribution in [0.25, 0.3) is 65.3 Å². The molecule has 0 amide bonds. The van der Waals surface area contributed by atoms with Crippen LogP contribution in [-0.4, -0.2) is 4.98 Å². The zero-order valence-electron chi connectivity index (χ0n) is 15.0. The van der Waals surface area contributed by atoms with Gasteiger partial charge in [0.05, 0.1) is 5.52 Å². The summed E-state index contributed by atoms with van der Waals surface area (Å²) in [4.78, 5) is 3.62. The highest BCUT2D eigenvalue weighted by molar-refractivity contribution is 6.34. The highest BCUT2D eigenvalue weighted by atomic mass is 16.3. The molecule has 7 aromatic rings. The molecular weight excluding hydrogens is 342 g/mol. The topological polar surface area (TPSA) is 28.9 Å². The number of aromatic nitrogens is 1. The summed E-state index contributed by atoms with van der Waals surface area (Å²) < 4.78 is 6.48. The zero-order valence-corrected chi connectivity index (χ0v) is 15.0. The molecule has 0 spiro atoms. The van der Waals surface area contributed by atoms with Gasteiger partial charge in [-0.05, 0) is 39.7 Å². The number of benzene rings is 5. The van der Waals surface area contributed by atoms with Gasteiger partial charge < -0.3 is 9.40 Å². The molecule has 2 aromatic heterocycles. The Morgan fingerprint density at radius 1 is 0.571 bits per heavy atom. The number of hydrogen-bond donors (Lipinski definition) is 1. The average Bonchev–Trinajstić information content (AvgIpc) is 3.31. The first-order valence-corrected chi connectivity index (χ1v) is 9.54. The lowest BCUT2D eigenvalue weighted by Gasteiger charge is -2.03. The number of rotatable bonds is 0. The predicted molar refractivity (Wildman–Crippen MR) is 118 cm³/mol. The number of H-pyrrole nitrogens is 1. The quantitative estimate of drug-likeness (QED) is 0.299. The number of nitrogens with one attached hydrogen (secondary N) is 1. The van der Waals surface area contributed by atoms with Crippen LogP contribution in [0.15, 0.2) is 89.3 Å². The van der Waals surface area contributed by atoms with Gasteiger partial charge in [-0.3, -0.25) is 0 Å². The molecule has 0 atom stereocenters. The molecule has 0 fully saturated rings. The van der Waals surface area contributed by atoms with E-state index in [9.17, 15) is 0 Å². The summed E-state index contributed by atoms with van der Waals surface area (Å²) in [5.41, 5.74) is 4.09. The molecule has 0 aliphatic rings. The van der Waals surface area contributed by atoms with E-state index >= 15 is 0 Å². The van der Waals surface area contributed by atoms with Crippen molar-refractivity contribution in [2.45, 2.75) is 0 Å². The summed E-state index contributed by atoms with van der Waals surface area (Å²) in [5.74, 6) is 0. The minimum atomic E-state index is 0.935. The van der Waals surface area contributed by atoms with Gasteiger partial charge in [-0.25, -0.2) is 0 Å². The molecule has 0 aliphatic carbocycles. The lowest BCUT2D eigenvalue weighted by atomic mass is 9.98. The Balaban J connectivity index is 1.85. The van der Waals surface area contributed by atoms with E-state index in [1.54, 1.807) is 0 Å². The van der Waals surface area contributed by atoms with Crippen molar-refractivity contribution in [3.63, 3.8) is 0 Å². The maximum absolute atomic E-state index is 6.48. The largest absolute Gasteiger partial charge is 0.454 e. The first-order chi connectivity index (χ1) is 13.9. The van der Waals surface area contributed by atoms with Gasteiger partial charge in [0.15, 0.2) is 5.58 Å². The number of para-hydroxylation sites is 1. The van der Waals surface area contributed by atoms with Gasteiger partial charge in [-0.15, -0.1) is 0 Å². The van der Waals surface area contributed by atoms with Crippen LogP contribution in [0.2, 0.25) is 0 Å². The van der Waals surface area contributed by atoms with Crippen molar-refractivity contribution in [1.29, 1.82) is 0 Å². The fourth-order valence-corrected chi connectivity index (χ4v) is 4.74. The number of aromatic amines is 1. The third-order valence-electron chi connectivity index (χ3n) is 5.96. The minimum Gasteiger partial charge on any atom is -0.454 e. The minimum absolute atomic E-state index is 0.935. The van der Waals surface area contributed by atoms with Gasteiger partial charge in [0.1, 0.15) is 5.58 Å². The highest BCUT2D eigenvalue weighted by Crippen LogP contribution is 2.43. The first-order valence-electron chi connectivity index (χ1n) is 9.54. The maximum atomic E-state index is 6.48. The van der Waals surface area contributed by atoms with E-state index in [1.165, 1.54) is 43.1 Å². The van der Waals surface area contributed by atoms with Gasteiger partial charge in [-0.1, -0.05) is 66.7 Å². The smallest absolute Gasteiger partial charge is 0.160 e. The van der Waals surface area contributed by atoms with Crippen molar-refractivity contribution < 1.29 is 4.42 Å². The van der Waals surface area contributed by atoms with E-state index in [4.69, 9.17) is 4.42 Å². The van der Waals surface area contributed by atoms with Crippen LogP contribution < -0.4 is 0 Å². The lowest BCUT2D eigenvalue weighted by molar-refractivity contribution is 0.672. The van der Waals surface area contributed by atoms with Crippen LogP contribution in [0.3, 0.4) is 0 Å². The normalized spacial score (nSPS) is 12.3. The summed E-state index contributed by atoms with van der Waals surface area (Å²) in [6.07, 6.45) is 0. The molecule has 0 radical (unpaired) electrons. The molecule has 5 aromatic carbocycles. The highest BCUT2D eigenvalue weighted by Gasteiger charge is 2.19. The lowest BCUT2D eigenvalue weighted by Crippen LogP contribution is -1.78. The monoisotopic (exact) mass is 357 g/mol. The second kappa shape index (κ2) is 4.93. The Kier molecular flexibility index (Phi) is 2.52. The molecule has 0 aliphatic heterocycles. The van der Waals surface area contributed by atoms with Crippen LogP contribution in [-0.2, 0) is 0 Å². The van der Waals surface area contributed by atoms with Crippen molar-refractivity contribution in [3.05, 3.63) is 84.9 Å². The van der Waals surface area contributed by atoms with Crippen molar-refractivity contribution in [3.8, 4) is 0 Å². The molecule has 1 N–H and O–H groups in total. The molecule has 2 heteroatoms. The van der Waals surface area contributed by atoms with E-state index < -0.39 is 0 Å². The average molecular weight is 357 g/mol. The van der Waals surface area contributed by atoms with Gasteiger partial charge in [0, 0.05) is 27.1 Å². The van der Waals surface area contributed by atoms with Gasteiger partial charge >= 0.3 is 0 Å². The molecule has 0 saturated heterocycles. The number of hydrogen-bond acceptors (Lipinski definition) is 1. The Morgan fingerprint density at radius 3 is 2.04 bits per heavy atom. The fourth-order valence-electron chi connectivity index (χ4n) is 4.74. The van der Waals surface area contributed by atoms with Crippen LogP contribution in [0, 0.1) is 0 Å². The molecular formula is C26H15NO. The molecule has 130 valence electrons. The summed E-state index contributed by atoms with van der Waals surface area (Å²) in [5, 5.41) is 9.77. The molecule has 2 heterocycles. The van der Waals surface area contributed by atoms with Crippen molar-refractivity contribution >= 4 is 65.3 Å². The molecule has 0 bridgehead atoms. The SMILES string of the molecule is c1ccc2cc3c(cc2c1)oc1c2[nH]c4ccccc4c2c2ccccc2c31. The van der Waals surface area contributed by atoms with E-state index in [-0.39, 0.29) is 0 Å². The first kappa shape index (κ1) is 14.3. The maximum Gasteiger partial charge on any atom is 0.160 e. The fraction of sp³-hybridized carbons (Fsp3) is 0. The third kappa shape index (κ3) is 1.68. The van der Waals surface area contributed by atoms with Crippen LogP contribution in [0.5, 0.6) is 0 Å². The number of furan rings is 1. The van der Waals surface area contributed by atoms with Crippen molar-refractivity contribution in [1.82, 2.24) is 4.98 Å².